The second-order valence-electron chi connectivity index (χ2n) is 5.69. The van der Waals surface area contributed by atoms with Crippen LogP contribution in [0.2, 0.25) is 0 Å². The number of methoxy groups -OCH3 is 1. The molecule has 0 spiro atoms. The number of aromatic nitrogens is 1. The van der Waals surface area contributed by atoms with Gasteiger partial charge in [-0.05, 0) is 31.2 Å². The summed E-state index contributed by atoms with van der Waals surface area (Å²) in [4.78, 5) is 16.9. The summed E-state index contributed by atoms with van der Waals surface area (Å²) in [5.41, 5.74) is 2.04. The van der Waals surface area contributed by atoms with E-state index in [-0.39, 0.29) is 11.5 Å². The number of carbonyl (C=O) groups is 1. The highest BCUT2D eigenvalue weighted by molar-refractivity contribution is 7.14. The predicted octanol–water partition coefficient (Wildman–Crippen LogP) is 5.33. The number of thiazole rings is 1. The quantitative estimate of drug-likeness (QED) is 0.335. The van der Waals surface area contributed by atoms with Gasteiger partial charge in [-0.15, -0.1) is 16.5 Å². The molecule has 0 aliphatic rings. The van der Waals surface area contributed by atoms with Gasteiger partial charge in [-0.2, -0.15) is 5.11 Å². The molecular weight excluding hydrogens is 376 g/mol. The Morgan fingerprint density at radius 2 is 1.86 bits per heavy atom. The minimum atomic E-state index is -0.591. The zero-order chi connectivity index (χ0) is 19.9. The summed E-state index contributed by atoms with van der Waals surface area (Å²) < 4.78 is 5.08. The summed E-state index contributed by atoms with van der Waals surface area (Å²) in [7, 11) is 1.57. The summed E-state index contributed by atoms with van der Waals surface area (Å²) in [5.74, 6) is -0.149. The van der Waals surface area contributed by atoms with Gasteiger partial charge in [-0.25, -0.2) is 4.98 Å². The maximum atomic E-state index is 12.5. The minimum absolute atomic E-state index is 0.188. The van der Waals surface area contributed by atoms with E-state index in [9.17, 15) is 9.90 Å². The van der Waals surface area contributed by atoms with Crippen molar-refractivity contribution in [3.05, 3.63) is 71.4 Å². The maximum absolute atomic E-state index is 12.5. The average Bonchev–Trinajstić information content (AvgIpc) is 3.17. The van der Waals surface area contributed by atoms with Gasteiger partial charge in [-0.3, -0.25) is 10.1 Å². The summed E-state index contributed by atoms with van der Waals surface area (Å²) in [5, 5.41) is 22.6. The largest absolute Gasteiger partial charge is 0.510 e. The molecule has 3 aromatic rings. The van der Waals surface area contributed by atoms with Crippen molar-refractivity contribution in [3.8, 4) is 17.0 Å². The van der Waals surface area contributed by atoms with Crippen LogP contribution < -0.4 is 10.1 Å². The number of nitrogens with zero attached hydrogens (tertiary/aromatic N) is 3. The number of carbonyl (C=O) groups excluding carboxylic acids is 1. The second kappa shape index (κ2) is 8.92. The number of ether oxygens (including phenoxy) is 1. The van der Waals surface area contributed by atoms with Crippen LogP contribution >= 0.6 is 11.3 Å². The highest BCUT2D eigenvalue weighted by Crippen LogP contribution is 2.25. The van der Waals surface area contributed by atoms with E-state index in [4.69, 9.17) is 4.74 Å². The third-order valence-electron chi connectivity index (χ3n) is 3.69. The molecule has 142 valence electrons. The Balaban J connectivity index is 1.72. The van der Waals surface area contributed by atoms with Crippen molar-refractivity contribution < 1.29 is 14.6 Å². The number of hydrogen-bond donors (Lipinski definition) is 2. The number of rotatable bonds is 6. The third-order valence-corrected chi connectivity index (χ3v) is 4.45. The number of hydrogen-bond acceptors (Lipinski definition) is 7. The van der Waals surface area contributed by atoms with Gasteiger partial charge < -0.3 is 9.84 Å². The molecule has 0 saturated carbocycles. The van der Waals surface area contributed by atoms with Gasteiger partial charge in [0.1, 0.15) is 11.5 Å². The summed E-state index contributed by atoms with van der Waals surface area (Å²) in [6.45, 7) is 1.37. The molecule has 2 aromatic carbocycles. The van der Waals surface area contributed by atoms with E-state index >= 15 is 0 Å². The molecule has 1 heterocycles. The van der Waals surface area contributed by atoms with E-state index in [1.54, 1.807) is 31.4 Å². The van der Waals surface area contributed by atoms with E-state index in [0.717, 1.165) is 11.3 Å². The molecule has 0 unspecified atom stereocenters. The Bertz CT molecular complexity index is 1010. The molecule has 1 aromatic heterocycles. The standard InChI is InChI=1S/C20H18N4O3S/c1-13(25)18(24-23-15-8-10-16(27-2)11-9-15)19(26)22-20-21-17(12-28-20)14-6-4-3-5-7-14/h3-12,25H,1-2H3,(H,21,22,26)/b18-13+,24-23?. The summed E-state index contributed by atoms with van der Waals surface area (Å²) >= 11 is 1.29. The topological polar surface area (TPSA) is 96.2 Å². The molecular formula is C20H18N4O3S. The Labute approximate surface area is 166 Å². The lowest BCUT2D eigenvalue weighted by atomic mass is 10.2. The lowest BCUT2D eigenvalue weighted by Crippen LogP contribution is -2.14. The van der Waals surface area contributed by atoms with Gasteiger partial charge in [0.2, 0.25) is 0 Å². The molecule has 0 saturated heterocycles. The van der Waals surface area contributed by atoms with E-state index in [1.807, 2.05) is 35.7 Å². The van der Waals surface area contributed by atoms with Gasteiger partial charge in [0.05, 0.1) is 18.5 Å². The highest BCUT2D eigenvalue weighted by Gasteiger charge is 2.15. The molecule has 3 rings (SSSR count). The molecule has 1 amide bonds. The number of azo groups is 1. The van der Waals surface area contributed by atoms with Crippen LogP contribution in [0.5, 0.6) is 5.75 Å². The van der Waals surface area contributed by atoms with Crippen molar-refractivity contribution in [1.29, 1.82) is 0 Å². The lowest BCUT2D eigenvalue weighted by Gasteiger charge is -2.03. The van der Waals surface area contributed by atoms with Crippen molar-refractivity contribution in [2.24, 2.45) is 10.2 Å². The van der Waals surface area contributed by atoms with Crippen LogP contribution in [0.1, 0.15) is 6.92 Å². The second-order valence-corrected chi connectivity index (χ2v) is 6.55. The smallest absolute Gasteiger partial charge is 0.281 e. The number of aliphatic hydroxyl groups excluding tert-OH is 1. The number of anilines is 1. The van der Waals surface area contributed by atoms with Crippen molar-refractivity contribution in [2.45, 2.75) is 6.92 Å². The van der Waals surface area contributed by atoms with Crippen LogP contribution in [0.4, 0.5) is 10.8 Å². The molecule has 8 heteroatoms. The van der Waals surface area contributed by atoms with Gasteiger partial charge in [-0.1, -0.05) is 30.3 Å². The molecule has 0 bridgehead atoms. The molecule has 0 atom stereocenters. The van der Waals surface area contributed by atoms with Crippen LogP contribution in [-0.2, 0) is 4.79 Å². The SMILES string of the molecule is COc1ccc(N=N/C(C(=O)Nc2nc(-c3ccccc3)cs2)=C(\C)O)cc1. The molecule has 0 aliphatic carbocycles. The number of aliphatic hydroxyl groups is 1. The zero-order valence-corrected chi connectivity index (χ0v) is 16.1. The van der Waals surface area contributed by atoms with Crippen molar-refractivity contribution in [1.82, 2.24) is 4.98 Å². The highest BCUT2D eigenvalue weighted by atomic mass is 32.1. The van der Waals surface area contributed by atoms with Crippen LogP contribution in [-0.4, -0.2) is 23.1 Å². The predicted molar refractivity (Wildman–Crippen MR) is 109 cm³/mol. The normalized spacial score (nSPS) is 11.9. The first-order chi connectivity index (χ1) is 13.6. The van der Waals surface area contributed by atoms with Gasteiger partial charge in [0.15, 0.2) is 10.8 Å². The Kier molecular flexibility index (Phi) is 6.13. The van der Waals surface area contributed by atoms with Crippen LogP contribution in [0.3, 0.4) is 0 Å². The van der Waals surface area contributed by atoms with E-state index < -0.39 is 5.91 Å². The molecule has 0 aliphatic heterocycles. The fourth-order valence-electron chi connectivity index (χ4n) is 2.27. The lowest BCUT2D eigenvalue weighted by molar-refractivity contribution is -0.113. The molecule has 2 N–H and O–H groups in total. The number of amides is 1. The summed E-state index contributed by atoms with van der Waals surface area (Å²) in [6, 6.07) is 16.5. The Morgan fingerprint density at radius 3 is 2.50 bits per heavy atom. The fourth-order valence-corrected chi connectivity index (χ4v) is 2.98. The maximum Gasteiger partial charge on any atom is 0.281 e. The zero-order valence-electron chi connectivity index (χ0n) is 15.3. The average molecular weight is 394 g/mol. The molecule has 7 nitrogen and oxygen atoms in total. The first-order valence-electron chi connectivity index (χ1n) is 8.35. The Hall–Kier alpha value is -3.52. The molecule has 0 radical (unpaired) electrons. The Morgan fingerprint density at radius 1 is 1.14 bits per heavy atom. The van der Waals surface area contributed by atoms with Gasteiger partial charge in [0.25, 0.3) is 5.91 Å². The first-order valence-corrected chi connectivity index (χ1v) is 9.22. The van der Waals surface area contributed by atoms with Crippen LogP contribution in [0.25, 0.3) is 11.3 Å². The number of nitrogens with one attached hydrogen (secondary N) is 1. The van der Waals surface area contributed by atoms with Gasteiger partial charge >= 0.3 is 0 Å². The monoisotopic (exact) mass is 394 g/mol. The molecule has 0 fully saturated rings. The number of benzene rings is 2. The number of allylic oxidation sites excluding steroid dienone is 1. The van der Waals surface area contributed by atoms with Crippen molar-refractivity contribution >= 4 is 28.1 Å². The van der Waals surface area contributed by atoms with E-state index in [1.165, 1.54) is 18.3 Å². The van der Waals surface area contributed by atoms with Gasteiger partial charge in [0, 0.05) is 10.9 Å². The van der Waals surface area contributed by atoms with E-state index in [0.29, 0.717) is 16.6 Å². The van der Waals surface area contributed by atoms with E-state index in [2.05, 4.69) is 20.5 Å². The van der Waals surface area contributed by atoms with Crippen LogP contribution in [0.15, 0.2) is 81.7 Å². The van der Waals surface area contributed by atoms with Crippen molar-refractivity contribution in [3.63, 3.8) is 0 Å². The van der Waals surface area contributed by atoms with Crippen molar-refractivity contribution in [2.75, 3.05) is 12.4 Å². The minimum Gasteiger partial charge on any atom is -0.510 e. The first kappa shape index (κ1) is 19.2. The third kappa shape index (κ3) is 4.80. The summed E-state index contributed by atoms with van der Waals surface area (Å²) in [6.07, 6.45) is 0. The van der Waals surface area contributed by atoms with Crippen LogP contribution in [0, 0.1) is 0 Å². The molecule has 28 heavy (non-hydrogen) atoms. The fraction of sp³-hybridized carbons (Fsp3) is 0.100.